The smallest absolute Gasteiger partial charge is 0.221 e. The molecule has 1 aliphatic carbocycles. The van der Waals surface area contributed by atoms with Crippen LogP contribution in [0.1, 0.15) is 288 Å². The van der Waals surface area contributed by atoms with Gasteiger partial charge >= 0.3 is 0 Å². The lowest BCUT2D eigenvalue weighted by atomic mass is 9.77. The van der Waals surface area contributed by atoms with Crippen molar-refractivity contribution in [2.24, 2.45) is 0 Å². The van der Waals surface area contributed by atoms with Crippen molar-refractivity contribution < 1.29 is 31.4 Å². The first-order valence-corrected chi connectivity index (χ1v) is 32.6. The van der Waals surface area contributed by atoms with Gasteiger partial charge in [0.2, 0.25) is 5.88 Å². The molecule has 0 saturated heterocycles. The third kappa shape index (κ3) is 21.6. The first kappa shape index (κ1) is 79.3. The number of benzene rings is 5. The van der Waals surface area contributed by atoms with Crippen LogP contribution in [0, 0.1) is 29.1 Å². The van der Waals surface area contributed by atoms with Crippen molar-refractivity contribution in [3.8, 4) is 22.8 Å². The van der Waals surface area contributed by atoms with Crippen LogP contribution in [-0.4, -0.2) is 19.2 Å². The number of methoxy groups -OCH3 is 2. The highest BCUT2D eigenvalue weighted by atomic mass is 35.5. The Morgan fingerprint density at radius 3 is 0.933 bits per heavy atom. The molecule has 0 aliphatic heterocycles. The third-order valence-corrected chi connectivity index (χ3v) is 16.6. The molecule has 1 aliphatic rings. The van der Waals surface area contributed by atoms with Crippen LogP contribution in [0.25, 0.3) is 11.1 Å². The fourth-order valence-corrected chi connectivity index (χ4v) is 11.5. The first-order valence-electron chi connectivity index (χ1n) is 31.9. The summed E-state index contributed by atoms with van der Waals surface area (Å²) in [5.41, 5.74) is 10.0. The molecule has 0 bridgehead atoms. The number of aromatic nitrogens is 1. The highest BCUT2D eigenvalue weighted by Crippen LogP contribution is 2.47. The maximum Gasteiger partial charge on any atom is 0.221 e. The Labute approximate surface area is 553 Å². The first-order chi connectivity index (χ1) is 40.3. The van der Waals surface area contributed by atoms with E-state index in [0.29, 0.717) is 44.1 Å². The number of nitrogens with zero attached hydrogens (tertiary/aromatic N) is 1. The predicted octanol–water partition coefficient (Wildman–Crippen LogP) is 25.4. The molecule has 0 spiro atoms. The lowest BCUT2D eigenvalue weighted by Crippen LogP contribution is -2.19. The quantitative estimate of drug-likeness (QED) is 0.165. The molecule has 90 heavy (non-hydrogen) atoms. The summed E-state index contributed by atoms with van der Waals surface area (Å²) in [4.78, 5) is 4.30. The molecular weight excluding hydrogens is 1170 g/mol. The van der Waals surface area contributed by atoms with Gasteiger partial charge < -0.3 is 9.47 Å². The maximum atomic E-state index is 14.7. The molecule has 0 atom stereocenters. The van der Waals surface area contributed by atoms with E-state index in [4.69, 9.17) is 32.7 Å². The average Bonchev–Trinajstić information content (AvgIpc) is 1.21. The van der Waals surface area contributed by atoms with Crippen LogP contribution in [0.15, 0.2) is 79.0 Å². The average molecular weight is 1290 g/mol. The second kappa shape index (κ2) is 28.7. The van der Waals surface area contributed by atoms with Crippen LogP contribution < -0.4 is 9.47 Å². The molecule has 3 nitrogen and oxygen atoms in total. The summed E-state index contributed by atoms with van der Waals surface area (Å²) in [7, 11) is 3.24. The highest BCUT2D eigenvalue weighted by Gasteiger charge is 2.34. The number of pyridine rings is 1. The van der Waals surface area contributed by atoms with Crippen LogP contribution in [0.5, 0.6) is 11.6 Å². The van der Waals surface area contributed by atoms with E-state index in [9.17, 15) is 22.0 Å². The Morgan fingerprint density at radius 1 is 0.333 bits per heavy atom. The molecule has 1 fully saturated rings. The fraction of sp³-hybridized carbons (Fsp3) is 0.562. The lowest BCUT2D eigenvalue weighted by molar-refractivity contribution is 0.391. The van der Waals surface area contributed by atoms with Gasteiger partial charge in [0, 0.05) is 27.4 Å². The van der Waals surface area contributed by atoms with E-state index in [-0.39, 0.29) is 83.2 Å². The van der Waals surface area contributed by atoms with Gasteiger partial charge in [-0.1, -0.05) is 237 Å². The Kier molecular flexibility index (Phi) is 25.3. The molecule has 0 N–H and O–H groups in total. The summed E-state index contributed by atoms with van der Waals surface area (Å²) in [6.07, 6.45) is 4.23. The molecule has 5 aromatic carbocycles. The molecule has 0 radical (unpaired) electrons. The van der Waals surface area contributed by atoms with Crippen LogP contribution in [0.2, 0.25) is 10.0 Å². The van der Waals surface area contributed by atoms with E-state index in [1.165, 1.54) is 24.0 Å². The summed E-state index contributed by atoms with van der Waals surface area (Å²) in [5.74, 6) is 1.31. The second-order valence-corrected chi connectivity index (χ2v) is 35.6. The zero-order valence-corrected chi connectivity index (χ0v) is 62.9. The van der Waals surface area contributed by atoms with Crippen molar-refractivity contribution in [1.82, 2.24) is 4.98 Å². The monoisotopic (exact) mass is 1290 g/mol. The zero-order chi connectivity index (χ0) is 70.0. The van der Waals surface area contributed by atoms with Gasteiger partial charge in [-0.25, -0.2) is 26.9 Å². The minimum atomic E-state index is -0.273. The van der Waals surface area contributed by atoms with Crippen molar-refractivity contribution in [3.63, 3.8) is 0 Å². The highest BCUT2D eigenvalue weighted by molar-refractivity contribution is 6.32. The Bertz CT molecular complexity index is 3250. The van der Waals surface area contributed by atoms with E-state index in [0.717, 1.165) is 44.7 Å². The van der Waals surface area contributed by atoms with Crippen molar-refractivity contribution in [2.75, 3.05) is 14.2 Å². The van der Waals surface area contributed by atoms with Gasteiger partial charge in [0.05, 0.1) is 14.2 Å². The van der Waals surface area contributed by atoms with Crippen LogP contribution in [0.3, 0.4) is 0 Å². The number of hydrogen-bond donors (Lipinski definition) is 0. The number of hydrogen-bond acceptors (Lipinski definition) is 3. The van der Waals surface area contributed by atoms with Gasteiger partial charge in [0.25, 0.3) is 0 Å². The summed E-state index contributed by atoms with van der Waals surface area (Å²) in [6.45, 7) is 61.4. The minimum absolute atomic E-state index is 0.0230. The van der Waals surface area contributed by atoms with Gasteiger partial charge in [0.15, 0.2) is 0 Å². The van der Waals surface area contributed by atoms with E-state index >= 15 is 0 Å². The van der Waals surface area contributed by atoms with Gasteiger partial charge in [-0.15, -0.1) is 0 Å². The SMILES string of the molecule is CC(C)(C)c1cc(C2CC2)c(C(C)(C)C)cc1F.CC(C)(C)c1cc(Cl)c(C(C)(C)C)cc1F.CC(C)(C)c1cc(Cl)c(C(C)(C)C)cc1F.COc1cc(C(C)(C)C)c(F)cc1C(C)(C)C.COc1ncccc1-c1cc(C(C)(C)C)c(F)cc1C(C)(C)C. The maximum absolute atomic E-state index is 14.7. The molecule has 0 unspecified atom stereocenters. The molecule has 7 rings (SSSR count). The zero-order valence-electron chi connectivity index (χ0n) is 61.4. The summed E-state index contributed by atoms with van der Waals surface area (Å²) in [5, 5.41) is 1.30. The third-order valence-electron chi connectivity index (χ3n) is 16.0. The fourth-order valence-electron chi connectivity index (χ4n) is 10.6. The molecule has 500 valence electrons. The van der Waals surface area contributed by atoms with Crippen molar-refractivity contribution >= 4 is 23.2 Å². The number of ether oxygens (including phenoxy) is 2. The lowest BCUT2D eigenvalue weighted by Gasteiger charge is -2.28. The van der Waals surface area contributed by atoms with Crippen LogP contribution in [-0.2, 0) is 54.1 Å². The minimum Gasteiger partial charge on any atom is -0.496 e. The van der Waals surface area contributed by atoms with Crippen LogP contribution >= 0.6 is 23.2 Å². The normalized spacial score (nSPS) is 13.6. The molecular formula is C80H114Cl2F5NO2. The Hall–Kier alpha value is -4.92. The van der Waals surface area contributed by atoms with Crippen molar-refractivity contribution in [2.45, 2.75) is 281 Å². The molecule has 1 aromatic heterocycles. The number of halogens is 7. The molecule has 10 heteroatoms. The van der Waals surface area contributed by atoms with E-state index < -0.39 is 0 Å². The van der Waals surface area contributed by atoms with Gasteiger partial charge in [-0.05, 0) is 201 Å². The standard InChI is InChI=1S/C20H26FNO.C17H25F.C15H23FO.2C14H20ClF/c1-19(2,3)15-12-17(21)16(20(4,5)6)11-14(15)13-9-8-10-22-18(13)23-7;1-16(2,3)13-10-15(18)14(17(4,5)6)9-12(13)11-7-8-11;1-14(2,3)10-9-13(17-7)11(8-12(10)16)15(4,5)6;2*1-13(2,3)9-8-12(16)10(7-11(9)15)14(4,5)6/h8-12H,1-7H3;9-11H,7-8H2,1-6H3;8-9H,1-7H3;2*7-8H,1-6H3. The van der Waals surface area contributed by atoms with Gasteiger partial charge in [-0.3, -0.25) is 0 Å². The predicted molar refractivity (Wildman–Crippen MR) is 377 cm³/mol. The van der Waals surface area contributed by atoms with Gasteiger partial charge in [0.1, 0.15) is 34.8 Å². The topological polar surface area (TPSA) is 31.4 Å². The van der Waals surface area contributed by atoms with Crippen molar-refractivity contribution in [1.29, 1.82) is 0 Å². The Morgan fingerprint density at radius 2 is 0.622 bits per heavy atom. The molecule has 1 saturated carbocycles. The summed E-state index contributed by atoms with van der Waals surface area (Å²) < 4.78 is 82.0. The van der Waals surface area contributed by atoms with Crippen molar-refractivity contribution in [3.05, 3.63) is 179 Å². The molecule has 6 aromatic rings. The van der Waals surface area contributed by atoms with E-state index in [1.807, 2.05) is 149 Å². The Balaban J connectivity index is 0.000000296. The number of rotatable bonds is 4. The van der Waals surface area contributed by atoms with E-state index in [2.05, 4.69) is 94.1 Å². The second-order valence-electron chi connectivity index (χ2n) is 34.8. The largest absolute Gasteiger partial charge is 0.496 e. The summed E-state index contributed by atoms with van der Waals surface area (Å²) in [6, 6.07) is 21.5. The molecule has 1 heterocycles. The van der Waals surface area contributed by atoms with Gasteiger partial charge in [-0.2, -0.15) is 0 Å². The van der Waals surface area contributed by atoms with E-state index in [1.54, 1.807) is 62.9 Å². The van der Waals surface area contributed by atoms with Crippen LogP contribution in [0.4, 0.5) is 22.0 Å². The summed E-state index contributed by atoms with van der Waals surface area (Å²) >= 11 is 12.5. The molecule has 0 amide bonds.